The predicted molar refractivity (Wildman–Crippen MR) is 260 cm³/mol. The molecule has 1 aliphatic rings. The molecule has 4 nitrogen and oxygen atoms in total. The number of ether oxygens (including phenoxy) is 1. The lowest BCUT2D eigenvalue weighted by molar-refractivity contribution is 0.487. The fraction of sp³-hybridized carbons (Fsp3) is 0. The Labute approximate surface area is 359 Å². The molecule has 4 heterocycles. The molecule has 1 aliphatic heterocycles. The Hall–Kier alpha value is -7.99. The summed E-state index contributed by atoms with van der Waals surface area (Å²) in [6, 6.07) is 77.6. The van der Waals surface area contributed by atoms with Crippen molar-refractivity contribution in [1.29, 1.82) is 0 Å². The zero-order valence-corrected chi connectivity index (χ0v) is 34.6. The summed E-state index contributed by atoms with van der Waals surface area (Å²) in [7, 11) is -3.05. The molecule has 1 unspecified atom stereocenters. The third-order valence-corrected chi connectivity index (χ3v) is 18.1. The number of rotatable bonds is 5. The quantitative estimate of drug-likeness (QED) is 0.162. The van der Waals surface area contributed by atoms with Crippen molar-refractivity contribution in [3.05, 3.63) is 225 Å². The van der Waals surface area contributed by atoms with Crippen molar-refractivity contribution >= 4 is 83.2 Å². The number of nitrogens with zero attached hydrogens (tertiary/aromatic N) is 3. The van der Waals surface area contributed by atoms with Gasteiger partial charge >= 0.3 is 0 Å². The van der Waals surface area contributed by atoms with Gasteiger partial charge in [-0.15, -0.1) is 0 Å². The van der Waals surface area contributed by atoms with Gasteiger partial charge in [-0.05, 0) is 104 Å². The molecular formula is C57H37N3OSi. The zero-order valence-electron chi connectivity index (χ0n) is 33.6. The summed E-state index contributed by atoms with van der Waals surface area (Å²) in [5.41, 5.74) is 9.36. The lowest BCUT2D eigenvalue weighted by atomic mass is 10.0. The van der Waals surface area contributed by atoms with Crippen molar-refractivity contribution in [3.8, 4) is 34.0 Å². The molecular weight excluding hydrogens is 771 g/mol. The SMILES string of the molecule is c1ccc2c(c1)Oc1cc(-c3ccc(-n4c5ccccc5c5ccccc54)cc3)ccc1[Si]2(c1ccncc1)c1ccc(-n2c3ccccc3c3ccccc32)c2ccccc12. The van der Waals surface area contributed by atoms with Crippen LogP contribution in [0.2, 0.25) is 0 Å². The van der Waals surface area contributed by atoms with Crippen LogP contribution in [0.5, 0.6) is 11.5 Å². The summed E-state index contributed by atoms with van der Waals surface area (Å²) in [6.45, 7) is 0. The number of pyridine rings is 1. The van der Waals surface area contributed by atoms with Gasteiger partial charge < -0.3 is 13.9 Å². The molecule has 5 heteroatoms. The Balaban J connectivity index is 1.02. The van der Waals surface area contributed by atoms with Crippen LogP contribution in [0.25, 0.3) is 76.9 Å². The number of benzene rings is 9. The first-order chi connectivity index (χ1) is 30.8. The maximum Gasteiger partial charge on any atom is 0.188 e. The summed E-state index contributed by atoms with van der Waals surface area (Å²) >= 11 is 0. The molecule has 0 radical (unpaired) electrons. The first-order valence-corrected chi connectivity index (χ1v) is 23.2. The Bertz CT molecular complexity index is 3630. The van der Waals surface area contributed by atoms with Gasteiger partial charge in [0.2, 0.25) is 0 Å². The van der Waals surface area contributed by atoms with Gasteiger partial charge in [0.1, 0.15) is 11.5 Å². The second-order valence-corrected chi connectivity index (χ2v) is 20.0. The van der Waals surface area contributed by atoms with Crippen molar-refractivity contribution < 1.29 is 4.74 Å². The van der Waals surface area contributed by atoms with Crippen molar-refractivity contribution in [2.24, 2.45) is 0 Å². The molecule has 12 aromatic rings. The van der Waals surface area contributed by atoms with Crippen molar-refractivity contribution in [3.63, 3.8) is 0 Å². The molecule has 3 aromatic heterocycles. The van der Waals surface area contributed by atoms with E-state index in [-0.39, 0.29) is 0 Å². The topological polar surface area (TPSA) is 32.0 Å². The van der Waals surface area contributed by atoms with Gasteiger partial charge in [0.25, 0.3) is 0 Å². The van der Waals surface area contributed by atoms with Crippen LogP contribution in [-0.4, -0.2) is 22.2 Å². The first-order valence-electron chi connectivity index (χ1n) is 21.2. The molecule has 0 fully saturated rings. The number of para-hydroxylation sites is 5. The highest BCUT2D eigenvalue weighted by molar-refractivity contribution is 7.21. The van der Waals surface area contributed by atoms with Crippen molar-refractivity contribution in [1.82, 2.24) is 14.1 Å². The predicted octanol–water partition coefficient (Wildman–Crippen LogP) is 11.6. The molecule has 0 spiro atoms. The van der Waals surface area contributed by atoms with Gasteiger partial charge in [-0.1, -0.05) is 146 Å². The summed E-state index contributed by atoms with van der Waals surface area (Å²) in [5.74, 6) is 1.80. The molecule has 0 bridgehead atoms. The van der Waals surface area contributed by atoms with Gasteiger partial charge in [0.05, 0.1) is 27.8 Å². The fourth-order valence-corrected chi connectivity index (χ4v) is 15.7. The van der Waals surface area contributed by atoms with E-state index >= 15 is 0 Å². The van der Waals surface area contributed by atoms with Crippen LogP contribution >= 0.6 is 0 Å². The van der Waals surface area contributed by atoms with Gasteiger partial charge in [0.15, 0.2) is 8.07 Å². The van der Waals surface area contributed by atoms with Crippen LogP contribution < -0.4 is 25.5 Å². The average molecular weight is 808 g/mol. The molecule has 13 rings (SSSR count). The monoisotopic (exact) mass is 807 g/mol. The van der Waals surface area contributed by atoms with Crippen LogP contribution in [0.15, 0.2) is 225 Å². The standard InChI is InChI=1S/C57H37N3OSi/c1-2-18-47-46(17-1)52(60-50-21-9-5-15-44(50)45-16-6-10-22-51(45)60)30-32-55(47)62(41-33-35-58-36-34-41)56-24-12-11-23-53(56)61-54-37-39(27-31-57(54)62)38-25-28-40(29-26-38)59-48-19-7-3-13-42(48)43-14-4-8-20-49(43)59/h1-37H. The van der Waals surface area contributed by atoms with E-state index < -0.39 is 8.07 Å². The summed E-state index contributed by atoms with van der Waals surface area (Å²) < 4.78 is 11.8. The number of fused-ring (bicyclic) bond motifs is 9. The third-order valence-electron chi connectivity index (χ3n) is 13.2. The summed E-state index contributed by atoms with van der Waals surface area (Å²) in [5, 5.41) is 12.5. The van der Waals surface area contributed by atoms with E-state index in [2.05, 4.69) is 226 Å². The van der Waals surface area contributed by atoms with Crippen molar-refractivity contribution in [2.45, 2.75) is 0 Å². The highest BCUT2D eigenvalue weighted by atomic mass is 28.3. The molecule has 1 atom stereocenters. The number of hydrogen-bond acceptors (Lipinski definition) is 2. The Kier molecular flexibility index (Phi) is 7.59. The molecule has 290 valence electrons. The van der Waals surface area contributed by atoms with Gasteiger partial charge in [-0.25, -0.2) is 0 Å². The normalized spacial score (nSPS) is 14.6. The summed E-state index contributed by atoms with van der Waals surface area (Å²) in [6.07, 6.45) is 3.90. The van der Waals surface area contributed by atoms with Crippen LogP contribution in [0, 0.1) is 0 Å². The smallest absolute Gasteiger partial charge is 0.188 e. The van der Waals surface area contributed by atoms with Crippen LogP contribution in [0.4, 0.5) is 0 Å². The molecule has 0 saturated carbocycles. The minimum absolute atomic E-state index is 0.895. The van der Waals surface area contributed by atoms with E-state index in [4.69, 9.17) is 4.74 Å². The van der Waals surface area contributed by atoms with E-state index in [1.807, 2.05) is 12.4 Å². The van der Waals surface area contributed by atoms with E-state index in [1.165, 1.54) is 80.8 Å². The Morgan fingerprint density at radius 1 is 0.355 bits per heavy atom. The van der Waals surface area contributed by atoms with Gasteiger partial charge in [-0.3, -0.25) is 4.98 Å². The number of aromatic nitrogens is 3. The largest absolute Gasteiger partial charge is 0.458 e. The Morgan fingerprint density at radius 3 is 1.47 bits per heavy atom. The minimum Gasteiger partial charge on any atom is -0.458 e. The lowest BCUT2D eigenvalue weighted by Crippen LogP contribution is -2.76. The lowest BCUT2D eigenvalue weighted by Gasteiger charge is -2.40. The average Bonchev–Trinajstić information content (AvgIpc) is 3.86. The molecule has 0 saturated heterocycles. The summed E-state index contributed by atoms with van der Waals surface area (Å²) in [4.78, 5) is 4.54. The Morgan fingerprint density at radius 2 is 0.839 bits per heavy atom. The van der Waals surface area contributed by atoms with Gasteiger partial charge in [0, 0.05) is 45.0 Å². The van der Waals surface area contributed by atoms with Crippen molar-refractivity contribution in [2.75, 3.05) is 0 Å². The van der Waals surface area contributed by atoms with Crippen LogP contribution in [0.3, 0.4) is 0 Å². The van der Waals surface area contributed by atoms with Crippen LogP contribution in [0.1, 0.15) is 0 Å². The second kappa shape index (κ2) is 13.5. The van der Waals surface area contributed by atoms with E-state index in [0.29, 0.717) is 0 Å². The molecule has 62 heavy (non-hydrogen) atoms. The molecule has 9 aromatic carbocycles. The maximum atomic E-state index is 7.02. The molecule has 0 aliphatic carbocycles. The highest BCUT2D eigenvalue weighted by Gasteiger charge is 2.49. The van der Waals surface area contributed by atoms with E-state index in [0.717, 1.165) is 28.3 Å². The van der Waals surface area contributed by atoms with Crippen LogP contribution in [-0.2, 0) is 0 Å². The third kappa shape index (κ3) is 4.91. The zero-order chi connectivity index (χ0) is 40.8. The molecule has 0 amide bonds. The minimum atomic E-state index is -3.05. The second-order valence-electron chi connectivity index (χ2n) is 16.3. The highest BCUT2D eigenvalue weighted by Crippen LogP contribution is 2.38. The first kappa shape index (κ1) is 34.8. The van der Waals surface area contributed by atoms with E-state index in [1.54, 1.807) is 0 Å². The van der Waals surface area contributed by atoms with E-state index in [9.17, 15) is 0 Å². The fourth-order valence-electron chi connectivity index (χ4n) is 10.6. The molecule has 0 N–H and O–H groups in total. The maximum absolute atomic E-state index is 7.02. The van der Waals surface area contributed by atoms with Gasteiger partial charge in [-0.2, -0.15) is 0 Å². The number of hydrogen-bond donors (Lipinski definition) is 0.